The second-order valence-corrected chi connectivity index (χ2v) is 5.99. The van der Waals surface area contributed by atoms with Crippen LogP contribution in [0.4, 0.5) is 0 Å². The van der Waals surface area contributed by atoms with Crippen molar-refractivity contribution in [3.05, 3.63) is 52.4 Å². The average Bonchev–Trinajstić information content (AvgIpc) is 3.07. The van der Waals surface area contributed by atoms with Crippen molar-refractivity contribution >= 4 is 29.9 Å². The molecule has 0 spiro atoms. The lowest BCUT2D eigenvalue weighted by Crippen LogP contribution is -2.37. The molecule has 150 valence electrons. The molecule has 6 nitrogen and oxygen atoms in total. The summed E-state index contributed by atoms with van der Waals surface area (Å²) in [6.45, 7) is 8.88. The maximum atomic E-state index is 5.44. The third kappa shape index (κ3) is 6.80. The van der Waals surface area contributed by atoms with Crippen LogP contribution in [0, 0.1) is 0 Å². The predicted octanol–water partition coefficient (Wildman–Crippen LogP) is 3.82. The first-order valence-corrected chi connectivity index (χ1v) is 9.27. The van der Waals surface area contributed by atoms with Gasteiger partial charge >= 0.3 is 0 Å². The van der Waals surface area contributed by atoms with E-state index in [1.54, 1.807) is 7.11 Å². The van der Waals surface area contributed by atoms with E-state index in [4.69, 9.17) is 14.3 Å². The number of nitrogens with zero attached hydrogens (tertiary/aromatic N) is 2. The maximum absolute atomic E-state index is 5.44. The van der Waals surface area contributed by atoms with E-state index in [0.717, 1.165) is 47.9 Å². The Kier molecular flexibility index (Phi) is 11.0. The molecule has 0 aliphatic rings. The number of aliphatic imine (C=N–C) groups is 1. The van der Waals surface area contributed by atoms with Crippen LogP contribution >= 0.6 is 24.0 Å². The topological polar surface area (TPSA) is 71.7 Å². The summed E-state index contributed by atoms with van der Waals surface area (Å²) in [6.07, 6.45) is 1.70. The summed E-state index contributed by atoms with van der Waals surface area (Å²) in [4.78, 5) is 4.72. The lowest BCUT2D eigenvalue weighted by Gasteiger charge is -2.12. The van der Waals surface area contributed by atoms with Crippen LogP contribution in [0.3, 0.4) is 0 Å². The first kappa shape index (κ1) is 23.4. The molecule has 0 atom stereocenters. The lowest BCUT2D eigenvalue weighted by atomic mass is 10.1. The highest BCUT2D eigenvalue weighted by Crippen LogP contribution is 2.15. The fourth-order valence-corrected chi connectivity index (χ4v) is 2.82. The van der Waals surface area contributed by atoms with E-state index in [9.17, 15) is 0 Å². The van der Waals surface area contributed by atoms with E-state index in [1.807, 2.05) is 12.1 Å². The molecule has 0 saturated carbocycles. The molecule has 0 aliphatic carbocycles. The van der Waals surface area contributed by atoms with Gasteiger partial charge in [-0.25, -0.2) is 4.99 Å². The van der Waals surface area contributed by atoms with Gasteiger partial charge in [0.15, 0.2) is 5.96 Å². The monoisotopic (exact) mass is 486 g/mol. The average molecular weight is 486 g/mol. The van der Waals surface area contributed by atoms with Crippen molar-refractivity contribution in [1.29, 1.82) is 0 Å². The zero-order valence-corrected chi connectivity index (χ0v) is 19.0. The summed E-state index contributed by atoms with van der Waals surface area (Å²) in [5.74, 6) is 1.72. The Morgan fingerprint density at radius 3 is 2.48 bits per heavy atom. The van der Waals surface area contributed by atoms with Gasteiger partial charge in [-0.3, -0.25) is 0 Å². The van der Waals surface area contributed by atoms with Gasteiger partial charge in [0.1, 0.15) is 5.76 Å². The number of benzene rings is 1. The van der Waals surface area contributed by atoms with Gasteiger partial charge in [-0.15, -0.1) is 24.0 Å². The van der Waals surface area contributed by atoms with E-state index < -0.39 is 0 Å². The SMILES string of the molecule is CCNC(=NCc1ccccc1COC)NCc1c(CC)noc1CC.I. The number of aromatic nitrogens is 1. The second-order valence-electron chi connectivity index (χ2n) is 5.99. The summed E-state index contributed by atoms with van der Waals surface area (Å²) < 4.78 is 10.7. The molecule has 1 heterocycles. The van der Waals surface area contributed by atoms with Crippen LogP contribution < -0.4 is 10.6 Å². The van der Waals surface area contributed by atoms with Gasteiger partial charge in [-0.05, 0) is 24.5 Å². The third-order valence-corrected chi connectivity index (χ3v) is 4.21. The Hall–Kier alpha value is -1.61. The van der Waals surface area contributed by atoms with E-state index in [-0.39, 0.29) is 24.0 Å². The number of methoxy groups -OCH3 is 1. The van der Waals surface area contributed by atoms with E-state index >= 15 is 0 Å². The lowest BCUT2D eigenvalue weighted by molar-refractivity contribution is 0.184. The van der Waals surface area contributed by atoms with E-state index in [2.05, 4.69) is 48.7 Å². The highest BCUT2D eigenvalue weighted by Gasteiger charge is 2.13. The third-order valence-electron chi connectivity index (χ3n) is 4.21. The van der Waals surface area contributed by atoms with E-state index in [0.29, 0.717) is 19.7 Å². The van der Waals surface area contributed by atoms with Crippen molar-refractivity contribution in [1.82, 2.24) is 15.8 Å². The standard InChI is InChI=1S/C20H30N4O2.HI/c1-5-18-17(19(6-2)26-24-18)13-23-20(21-7-3)22-12-15-10-8-9-11-16(15)14-25-4;/h8-11H,5-7,12-14H2,1-4H3,(H2,21,22,23);1H. The van der Waals surface area contributed by atoms with Gasteiger partial charge in [0.25, 0.3) is 0 Å². The van der Waals surface area contributed by atoms with Gasteiger partial charge in [0, 0.05) is 32.2 Å². The van der Waals surface area contributed by atoms with Crippen LogP contribution in [0.25, 0.3) is 0 Å². The van der Waals surface area contributed by atoms with Crippen molar-refractivity contribution in [3.8, 4) is 0 Å². The molecule has 0 radical (unpaired) electrons. The molecule has 1 aromatic carbocycles. The first-order valence-electron chi connectivity index (χ1n) is 9.27. The van der Waals surface area contributed by atoms with Crippen LogP contribution in [0.2, 0.25) is 0 Å². The van der Waals surface area contributed by atoms with Gasteiger partial charge < -0.3 is 19.9 Å². The summed E-state index contributed by atoms with van der Waals surface area (Å²) >= 11 is 0. The van der Waals surface area contributed by atoms with Crippen LogP contribution in [-0.4, -0.2) is 24.8 Å². The highest BCUT2D eigenvalue weighted by molar-refractivity contribution is 14.0. The number of guanidine groups is 1. The summed E-state index contributed by atoms with van der Waals surface area (Å²) in [5, 5.41) is 10.9. The normalized spacial score (nSPS) is 11.2. The molecule has 0 amide bonds. The van der Waals surface area contributed by atoms with Gasteiger partial charge in [-0.2, -0.15) is 0 Å². The molecule has 0 aliphatic heterocycles. The molecule has 2 rings (SSSR count). The van der Waals surface area contributed by atoms with Crippen molar-refractivity contribution in [2.45, 2.75) is 53.3 Å². The minimum atomic E-state index is 0. The fraction of sp³-hybridized carbons (Fsp3) is 0.500. The maximum Gasteiger partial charge on any atom is 0.191 e. The van der Waals surface area contributed by atoms with Crippen molar-refractivity contribution in [3.63, 3.8) is 0 Å². The number of hydrogen-bond donors (Lipinski definition) is 2. The van der Waals surface area contributed by atoms with Crippen LogP contribution in [-0.2, 0) is 37.3 Å². The Balaban J connectivity index is 0.00000364. The van der Waals surface area contributed by atoms with Crippen LogP contribution in [0.5, 0.6) is 0 Å². The Morgan fingerprint density at radius 1 is 1.11 bits per heavy atom. The van der Waals surface area contributed by atoms with Crippen molar-refractivity contribution in [2.24, 2.45) is 4.99 Å². The number of hydrogen-bond acceptors (Lipinski definition) is 4. The zero-order chi connectivity index (χ0) is 18.8. The number of nitrogens with one attached hydrogen (secondary N) is 2. The first-order chi connectivity index (χ1) is 12.7. The van der Waals surface area contributed by atoms with Gasteiger partial charge in [0.2, 0.25) is 0 Å². The van der Waals surface area contributed by atoms with Crippen LogP contribution in [0.1, 0.15) is 48.9 Å². The molecule has 0 bridgehead atoms. The molecule has 0 fully saturated rings. The molecular formula is C20H31IN4O2. The Labute approximate surface area is 179 Å². The summed E-state index contributed by atoms with van der Waals surface area (Å²) in [6, 6.07) is 8.22. The minimum absolute atomic E-state index is 0. The van der Waals surface area contributed by atoms with Crippen LogP contribution in [0.15, 0.2) is 33.8 Å². The smallest absolute Gasteiger partial charge is 0.191 e. The highest BCUT2D eigenvalue weighted by atomic mass is 127. The number of ether oxygens (including phenoxy) is 1. The molecule has 2 N–H and O–H groups in total. The molecule has 1 aromatic heterocycles. The molecule has 2 aromatic rings. The number of rotatable bonds is 9. The molecule has 0 saturated heterocycles. The number of aryl methyl sites for hydroxylation is 2. The molecule has 7 heteroatoms. The van der Waals surface area contributed by atoms with E-state index in [1.165, 1.54) is 5.56 Å². The van der Waals surface area contributed by atoms with Crippen molar-refractivity contribution in [2.75, 3.05) is 13.7 Å². The minimum Gasteiger partial charge on any atom is -0.380 e. The quantitative estimate of drug-likeness (QED) is 0.321. The number of halogens is 1. The largest absolute Gasteiger partial charge is 0.380 e. The molecule has 27 heavy (non-hydrogen) atoms. The van der Waals surface area contributed by atoms with Gasteiger partial charge in [-0.1, -0.05) is 43.3 Å². The fourth-order valence-electron chi connectivity index (χ4n) is 2.82. The van der Waals surface area contributed by atoms with Gasteiger partial charge in [0.05, 0.1) is 18.8 Å². The molecular weight excluding hydrogens is 455 g/mol. The summed E-state index contributed by atoms with van der Waals surface area (Å²) in [7, 11) is 1.71. The Bertz CT molecular complexity index is 694. The second kappa shape index (κ2) is 12.7. The zero-order valence-electron chi connectivity index (χ0n) is 16.7. The van der Waals surface area contributed by atoms with Crippen molar-refractivity contribution < 1.29 is 9.26 Å². The molecule has 0 unspecified atom stereocenters. The Morgan fingerprint density at radius 2 is 1.85 bits per heavy atom. The summed E-state index contributed by atoms with van der Waals surface area (Å²) in [5.41, 5.74) is 4.48. The predicted molar refractivity (Wildman–Crippen MR) is 119 cm³/mol.